The molecule has 2 N–H and O–H groups in total. The summed E-state index contributed by atoms with van der Waals surface area (Å²) in [5, 5.41) is 18.9. The van der Waals surface area contributed by atoms with E-state index in [0.717, 1.165) is 12.8 Å². The SMILES string of the molecule is O=C(O)c1cc(-c2cccc(O)c2)cc(S(=O)(=O)N2CCCC2)c1. The van der Waals surface area contributed by atoms with E-state index in [1.807, 2.05) is 0 Å². The maximum atomic E-state index is 12.7. The van der Waals surface area contributed by atoms with Gasteiger partial charge in [-0.1, -0.05) is 12.1 Å². The number of aromatic hydroxyl groups is 1. The van der Waals surface area contributed by atoms with E-state index in [-0.39, 0.29) is 16.2 Å². The number of nitrogens with zero attached hydrogens (tertiary/aromatic N) is 1. The van der Waals surface area contributed by atoms with Gasteiger partial charge in [0.1, 0.15) is 5.75 Å². The van der Waals surface area contributed by atoms with Crippen molar-refractivity contribution in [3.63, 3.8) is 0 Å². The fourth-order valence-corrected chi connectivity index (χ4v) is 4.39. The van der Waals surface area contributed by atoms with E-state index in [1.54, 1.807) is 12.1 Å². The Kier molecular flexibility index (Phi) is 4.29. The minimum atomic E-state index is -3.73. The van der Waals surface area contributed by atoms with Crippen LogP contribution in [0, 0.1) is 0 Å². The molecule has 7 heteroatoms. The first-order valence-electron chi connectivity index (χ1n) is 7.56. The average molecular weight is 347 g/mol. The van der Waals surface area contributed by atoms with Crippen LogP contribution in [0.5, 0.6) is 5.75 Å². The smallest absolute Gasteiger partial charge is 0.335 e. The lowest BCUT2D eigenvalue weighted by Crippen LogP contribution is -2.28. The molecule has 1 aliphatic heterocycles. The molecule has 0 aliphatic carbocycles. The first-order valence-corrected chi connectivity index (χ1v) is 9.00. The molecule has 0 spiro atoms. The molecular formula is C17H17NO5S. The van der Waals surface area contributed by atoms with Gasteiger partial charge in [-0.05, 0) is 54.3 Å². The predicted octanol–water partition coefficient (Wildman–Crippen LogP) is 2.54. The van der Waals surface area contributed by atoms with Crippen molar-refractivity contribution in [3.8, 4) is 16.9 Å². The summed E-state index contributed by atoms with van der Waals surface area (Å²) in [6.45, 7) is 0.891. The number of phenols is 1. The molecule has 1 fully saturated rings. The highest BCUT2D eigenvalue weighted by atomic mass is 32.2. The lowest BCUT2D eigenvalue weighted by atomic mass is 10.0. The molecule has 0 atom stereocenters. The summed E-state index contributed by atoms with van der Waals surface area (Å²) >= 11 is 0. The van der Waals surface area contributed by atoms with Crippen molar-refractivity contribution in [1.29, 1.82) is 0 Å². The van der Waals surface area contributed by atoms with Crippen molar-refractivity contribution >= 4 is 16.0 Å². The zero-order valence-electron chi connectivity index (χ0n) is 12.8. The lowest BCUT2D eigenvalue weighted by Gasteiger charge is -2.17. The zero-order chi connectivity index (χ0) is 17.3. The highest BCUT2D eigenvalue weighted by Crippen LogP contribution is 2.29. The molecule has 2 aromatic carbocycles. The number of hydrogen-bond donors (Lipinski definition) is 2. The van der Waals surface area contributed by atoms with Gasteiger partial charge in [-0.15, -0.1) is 0 Å². The Hall–Kier alpha value is -2.38. The van der Waals surface area contributed by atoms with Crippen molar-refractivity contribution in [2.75, 3.05) is 13.1 Å². The summed E-state index contributed by atoms with van der Waals surface area (Å²) in [4.78, 5) is 11.4. The molecule has 2 aromatic rings. The molecule has 6 nitrogen and oxygen atoms in total. The molecule has 0 unspecified atom stereocenters. The van der Waals surface area contributed by atoms with Gasteiger partial charge in [-0.25, -0.2) is 13.2 Å². The number of phenolic OH excluding ortho intramolecular Hbond substituents is 1. The van der Waals surface area contributed by atoms with Crippen LogP contribution in [0.2, 0.25) is 0 Å². The minimum Gasteiger partial charge on any atom is -0.508 e. The Labute approximate surface area is 140 Å². The number of carboxylic acids is 1. The van der Waals surface area contributed by atoms with E-state index in [1.165, 1.54) is 34.6 Å². The fraction of sp³-hybridized carbons (Fsp3) is 0.235. The predicted molar refractivity (Wildman–Crippen MR) is 88.5 cm³/mol. The molecule has 1 aliphatic rings. The van der Waals surface area contributed by atoms with Gasteiger partial charge >= 0.3 is 5.97 Å². The van der Waals surface area contributed by atoms with E-state index in [0.29, 0.717) is 24.2 Å². The van der Waals surface area contributed by atoms with Gasteiger partial charge in [0.15, 0.2) is 0 Å². The van der Waals surface area contributed by atoms with Crippen LogP contribution in [-0.2, 0) is 10.0 Å². The molecule has 1 heterocycles. The summed E-state index contributed by atoms with van der Waals surface area (Å²) in [5.41, 5.74) is 0.883. The number of hydrogen-bond acceptors (Lipinski definition) is 4. The maximum absolute atomic E-state index is 12.7. The van der Waals surface area contributed by atoms with Gasteiger partial charge in [0.05, 0.1) is 10.5 Å². The number of rotatable bonds is 4. The largest absolute Gasteiger partial charge is 0.508 e. The number of benzene rings is 2. The van der Waals surface area contributed by atoms with Gasteiger partial charge in [-0.2, -0.15) is 4.31 Å². The van der Waals surface area contributed by atoms with E-state index in [9.17, 15) is 23.4 Å². The van der Waals surface area contributed by atoms with Crippen LogP contribution < -0.4 is 0 Å². The summed E-state index contributed by atoms with van der Waals surface area (Å²) in [5.74, 6) is -1.17. The monoisotopic (exact) mass is 347 g/mol. The zero-order valence-corrected chi connectivity index (χ0v) is 13.7. The van der Waals surface area contributed by atoms with Gasteiger partial charge < -0.3 is 10.2 Å². The van der Waals surface area contributed by atoms with Gasteiger partial charge in [0, 0.05) is 13.1 Å². The topological polar surface area (TPSA) is 94.9 Å². The highest BCUT2D eigenvalue weighted by Gasteiger charge is 2.28. The number of aromatic carboxylic acids is 1. The van der Waals surface area contributed by atoms with Crippen LogP contribution in [0.15, 0.2) is 47.4 Å². The average Bonchev–Trinajstić information content (AvgIpc) is 3.09. The molecule has 0 saturated carbocycles. The molecular weight excluding hydrogens is 330 g/mol. The third-order valence-corrected chi connectivity index (χ3v) is 5.91. The van der Waals surface area contributed by atoms with Crippen LogP contribution in [0.25, 0.3) is 11.1 Å². The van der Waals surface area contributed by atoms with Crippen LogP contribution >= 0.6 is 0 Å². The van der Waals surface area contributed by atoms with Crippen molar-refractivity contribution < 1.29 is 23.4 Å². The van der Waals surface area contributed by atoms with Crippen molar-refractivity contribution in [2.45, 2.75) is 17.7 Å². The minimum absolute atomic E-state index is 0.0252. The van der Waals surface area contributed by atoms with E-state index in [4.69, 9.17) is 0 Å². The van der Waals surface area contributed by atoms with Gasteiger partial charge in [-0.3, -0.25) is 0 Å². The maximum Gasteiger partial charge on any atom is 0.335 e. The van der Waals surface area contributed by atoms with Crippen molar-refractivity contribution in [3.05, 3.63) is 48.0 Å². The Morgan fingerprint density at radius 2 is 1.71 bits per heavy atom. The number of carbonyl (C=O) groups is 1. The van der Waals surface area contributed by atoms with Crippen molar-refractivity contribution in [2.24, 2.45) is 0 Å². The first kappa shape index (κ1) is 16.5. The van der Waals surface area contributed by atoms with E-state index < -0.39 is 16.0 Å². The third-order valence-electron chi connectivity index (χ3n) is 4.04. The molecule has 1 saturated heterocycles. The van der Waals surface area contributed by atoms with Crippen molar-refractivity contribution in [1.82, 2.24) is 4.31 Å². The van der Waals surface area contributed by atoms with Gasteiger partial charge in [0.25, 0.3) is 0 Å². The van der Waals surface area contributed by atoms with Crippen LogP contribution in [0.3, 0.4) is 0 Å². The normalized spacial score (nSPS) is 15.5. The van der Waals surface area contributed by atoms with Crippen LogP contribution in [0.4, 0.5) is 0 Å². The lowest BCUT2D eigenvalue weighted by molar-refractivity contribution is 0.0696. The Balaban J connectivity index is 2.15. The Morgan fingerprint density at radius 1 is 1.00 bits per heavy atom. The fourth-order valence-electron chi connectivity index (χ4n) is 2.80. The second-order valence-corrected chi connectivity index (χ2v) is 7.65. The summed E-state index contributed by atoms with van der Waals surface area (Å²) < 4.78 is 26.9. The number of carboxylic acid groups (broad SMARTS) is 1. The standard InChI is InChI=1S/C17H17NO5S/c19-15-5-3-4-12(9-15)13-8-14(17(20)21)11-16(10-13)24(22,23)18-6-1-2-7-18/h3-5,8-11,19H,1-2,6-7H2,(H,20,21). The second kappa shape index (κ2) is 6.26. The molecule has 126 valence electrons. The molecule has 3 rings (SSSR count). The molecule has 0 radical (unpaired) electrons. The third kappa shape index (κ3) is 3.13. The second-order valence-electron chi connectivity index (χ2n) is 5.71. The Morgan fingerprint density at radius 3 is 2.33 bits per heavy atom. The van der Waals surface area contributed by atoms with E-state index >= 15 is 0 Å². The molecule has 24 heavy (non-hydrogen) atoms. The highest BCUT2D eigenvalue weighted by molar-refractivity contribution is 7.89. The Bertz CT molecular complexity index is 886. The van der Waals surface area contributed by atoms with Crippen LogP contribution in [0.1, 0.15) is 23.2 Å². The molecule has 0 bridgehead atoms. The molecule has 0 aromatic heterocycles. The van der Waals surface area contributed by atoms with Crippen LogP contribution in [-0.4, -0.2) is 42.0 Å². The molecule has 0 amide bonds. The first-order chi connectivity index (χ1) is 11.4. The summed E-state index contributed by atoms with van der Waals surface area (Å²) in [6, 6.07) is 10.3. The quantitative estimate of drug-likeness (QED) is 0.886. The summed E-state index contributed by atoms with van der Waals surface area (Å²) in [7, 11) is -3.73. The van der Waals surface area contributed by atoms with E-state index in [2.05, 4.69) is 0 Å². The van der Waals surface area contributed by atoms with Gasteiger partial charge in [0.2, 0.25) is 10.0 Å². The summed E-state index contributed by atoms with van der Waals surface area (Å²) in [6.07, 6.45) is 1.61. The number of sulfonamides is 1.